The average Bonchev–Trinajstić information content (AvgIpc) is 2.96. The van der Waals surface area contributed by atoms with Gasteiger partial charge in [-0.05, 0) is 68.1 Å². The summed E-state index contributed by atoms with van der Waals surface area (Å²) in [6.45, 7) is 4.35. The van der Waals surface area contributed by atoms with E-state index < -0.39 is 0 Å². The van der Waals surface area contributed by atoms with Crippen LogP contribution in [0.2, 0.25) is 0 Å². The first-order valence-corrected chi connectivity index (χ1v) is 8.72. The zero-order valence-corrected chi connectivity index (χ0v) is 12.3. The van der Waals surface area contributed by atoms with Crippen molar-refractivity contribution in [2.75, 3.05) is 26.2 Å². The lowest BCUT2D eigenvalue weighted by molar-refractivity contribution is -0.156. The lowest BCUT2D eigenvalue weighted by Crippen LogP contribution is -2.54. The van der Waals surface area contributed by atoms with Crippen LogP contribution in [0.15, 0.2) is 0 Å². The molecule has 110 valence electrons. The summed E-state index contributed by atoms with van der Waals surface area (Å²) in [4.78, 5) is 15.5. The van der Waals surface area contributed by atoms with Crippen molar-refractivity contribution >= 4 is 5.91 Å². The normalized spacial score (nSPS) is 52.6. The predicted molar refractivity (Wildman–Crippen MR) is 77.0 cm³/mol. The Hall–Kier alpha value is -0.570. The van der Waals surface area contributed by atoms with E-state index in [0.29, 0.717) is 5.91 Å². The molecule has 3 heteroatoms. The van der Waals surface area contributed by atoms with Gasteiger partial charge < -0.3 is 10.2 Å². The standard InChI is InChI=1S/C17H26N2O/c20-16(19-9-14-7-18-8-15(14)10-19)17-4-11-1-12(5-17)3-13(2-11)6-17/h11-15,18H,1-10H2/t11?,12?,13?,14-,15+,17?. The van der Waals surface area contributed by atoms with Crippen molar-refractivity contribution in [2.24, 2.45) is 35.0 Å². The zero-order valence-electron chi connectivity index (χ0n) is 12.3. The SMILES string of the molecule is O=C(N1C[C@H]2CNC[C@H]2C1)C12CC3CC(CC(C3)C1)C2. The first-order valence-electron chi connectivity index (χ1n) is 8.72. The maximum Gasteiger partial charge on any atom is 0.228 e. The third-order valence-electron chi connectivity index (χ3n) is 7.17. The van der Waals surface area contributed by atoms with Gasteiger partial charge in [0.05, 0.1) is 5.41 Å². The number of carbonyl (C=O) groups is 1. The van der Waals surface area contributed by atoms with Crippen LogP contribution in [0, 0.1) is 35.0 Å². The molecule has 2 atom stereocenters. The van der Waals surface area contributed by atoms with Crippen LogP contribution in [-0.4, -0.2) is 37.0 Å². The Labute approximate surface area is 121 Å². The highest BCUT2D eigenvalue weighted by molar-refractivity contribution is 5.83. The summed E-state index contributed by atoms with van der Waals surface area (Å²) < 4.78 is 0. The molecule has 2 heterocycles. The molecule has 4 saturated carbocycles. The number of nitrogens with one attached hydrogen (secondary N) is 1. The molecule has 0 aromatic rings. The number of amides is 1. The molecule has 6 aliphatic rings. The van der Waals surface area contributed by atoms with E-state index in [4.69, 9.17) is 0 Å². The highest BCUT2D eigenvalue weighted by Crippen LogP contribution is 2.60. The van der Waals surface area contributed by atoms with Crippen molar-refractivity contribution in [1.82, 2.24) is 10.2 Å². The van der Waals surface area contributed by atoms with Gasteiger partial charge >= 0.3 is 0 Å². The average molecular weight is 274 g/mol. The van der Waals surface area contributed by atoms with Gasteiger partial charge in [-0.3, -0.25) is 4.79 Å². The number of likely N-dealkylation sites (tertiary alicyclic amines) is 1. The minimum atomic E-state index is 0.0841. The fourth-order valence-electron chi connectivity index (χ4n) is 6.73. The third kappa shape index (κ3) is 1.59. The first kappa shape index (κ1) is 12.0. The molecule has 1 N–H and O–H groups in total. The lowest BCUT2D eigenvalue weighted by atomic mass is 9.49. The van der Waals surface area contributed by atoms with E-state index in [-0.39, 0.29) is 5.41 Å². The van der Waals surface area contributed by atoms with Crippen LogP contribution in [0.5, 0.6) is 0 Å². The fourth-order valence-corrected chi connectivity index (χ4v) is 6.73. The van der Waals surface area contributed by atoms with Crippen molar-refractivity contribution in [3.05, 3.63) is 0 Å². The molecular formula is C17H26N2O. The van der Waals surface area contributed by atoms with Gasteiger partial charge in [0.2, 0.25) is 5.91 Å². The summed E-state index contributed by atoms with van der Waals surface area (Å²) >= 11 is 0. The molecule has 4 aliphatic carbocycles. The van der Waals surface area contributed by atoms with Gasteiger partial charge in [-0.1, -0.05) is 0 Å². The number of nitrogens with zero attached hydrogens (tertiary/aromatic N) is 1. The molecule has 3 nitrogen and oxygen atoms in total. The van der Waals surface area contributed by atoms with Gasteiger partial charge in [0.15, 0.2) is 0 Å². The van der Waals surface area contributed by atoms with Gasteiger partial charge in [-0.15, -0.1) is 0 Å². The topological polar surface area (TPSA) is 32.3 Å². The number of rotatable bonds is 1. The number of carbonyl (C=O) groups excluding carboxylic acids is 1. The first-order chi connectivity index (χ1) is 9.72. The molecule has 0 radical (unpaired) electrons. The maximum atomic E-state index is 13.2. The smallest absolute Gasteiger partial charge is 0.228 e. The van der Waals surface area contributed by atoms with Crippen LogP contribution >= 0.6 is 0 Å². The monoisotopic (exact) mass is 274 g/mol. The number of hydrogen-bond donors (Lipinski definition) is 1. The van der Waals surface area contributed by atoms with Crippen molar-refractivity contribution in [3.63, 3.8) is 0 Å². The molecule has 2 aliphatic heterocycles. The fraction of sp³-hybridized carbons (Fsp3) is 0.941. The maximum absolute atomic E-state index is 13.2. The van der Waals surface area contributed by atoms with E-state index in [1.807, 2.05) is 0 Å². The Kier molecular flexibility index (Phi) is 2.40. The van der Waals surface area contributed by atoms with Crippen molar-refractivity contribution < 1.29 is 4.79 Å². The van der Waals surface area contributed by atoms with Crippen LogP contribution in [0.25, 0.3) is 0 Å². The van der Waals surface area contributed by atoms with E-state index in [1.165, 1.54) is 38.5 Å². The Bertz CT molecular complexity index is 399. The quantitative estimate of drug-likeness (QED) is 0.792. The molecule has 4 bridgehead atoms. The van der Waals surface area contributed by atoms with Crippen LogP contribution in [0.1, 0.15) is 38.5 Å². The van der Waals surface area contributed by atoms with E-state index in [1.54, 1.807) is 0 Å². The van der Waals surface area contributed by atoms with Gasteiger partial charge in [0, 0.05) is 26.2 Å². The molecule has 0 unspecified atom stereocenters. The molecule has 0 aromatic heterocycles. The molecule has 6 fully saturated rings. The molecule has 1 amide bonds. The summed E-state index contributed by atoms with van der Waals surface area (Å²) in [5.41, 5.74) is 0.0841. The molecule has 6 rings (SSSR count). The minimum absolute atomic E-state index is 0.0841. The molecule has 2 saturated heterocycles. The van der Waals surface area contributed by atoms with Gasteiger partial charge in [0.25, 0.3) is 0 Å². The number of hydrogen-bond acceptors (Lipinski definition) is 2. The Morgan fingerprint density at radius 3 is 1.90 bits per heavy atom. The molecule has 20 heavy (non-hydrogen) atoms. The second-order valence-corrected chi connectivity index (χ2v) is 8.59. The summed E-state index contributed by atoms with van der Waals surface area (Å²) in [6, 6.07) is 0. The van der Waals surface area contributed by atoms with Gasteiger partial charge in [0.1, 0.15) is 0 Å². The largest absolute Gasteiger partial charge is 0.342 e. The van der Waals surface area contributed by atoms with Crippen molar-refractivity contribution in [1.29, 1.82) is 0 Å². The summed E-state index contributed by atoms with van der Waals surface area (Å²) in [5.74, 6) is 4.70. The number of fused-ring (bicyclic) bond motifs is 1. The van der Waals surface area contributed by atoms with Crippen molar-refractivity contribution in [3.8, 4) is 0 Å². The summed E-state index contributed by atoms with van der Waals surface area (Å²) in [5, 5.41) is 3.48. The lowest BCUT2D eigenvalue weighted by Gasteiger charge is -2.56. The van der Waals surface area contributed by atoms with Gasteiger partial charge in [-0.25, -0.2) is 0 Å². The Balaban J connectivity index is 1.38. The summed E-state index contributed by atoms with van der Waals surface area (Å²) in [7, 11) is 0. The Morgan fingerprint density at radius 2 is 1.40 bits per heavy atom. The summed E-state index contributed by atoms with van der Waals surface area (Å²) in [6.07, 6.45) is 7.97. The molecule has 0 aromatic carbocycles. The van der Waals surface area contributed by atoms with E-state index in [9.17, 15) is 4.79 Å². The van der Waals surface area contributed by atoms with Gasteiger partial charge in [-0.2, -0.15) is 0 Å². The second kappa shape index (κ2) is 4.00. The van der Waals surface area contributed by atoms with Crippen molar-refractivity contribution in [2.45, 2.75) is 38.5 Å². The third-order valence-corrected chi connectivity index (χ3v) is 7.17. The zero-order chi connectivity index (χ0) is 13.3. The predicted octanol–water partition coefficient (Wildman–Crippen LogP) is 1.88. The van der Waals surface area contributed by atoms with E-state index in [2.05, 4.69) is 10.2 Å². The van der Waals surface area contributed by atoms with E-state index >= 15 is 0 Å². The minimum Gasteiger partial charge on any atom is -0.342 e. The highest BCUT2D eigenvalue weighted by atomic mass is 16.2. The van der Waals surface area contributed by atoms with Crippen LogP contribution < -0.4 is 5.32 Å². The molecule has 0 spiro atoms. The Morgan fingerprint density at radius 1 is 0.900 bits per heavy atom. The van der Waals surface area contributed by atoms with Crippen LogP contribution in [0.3, 0.4) is 0 Å². The van der Waals surface area contributed by atoms with Crippen LogP contribution in [0.4, 0.5) is 0 Å². The highest BCUT2D eigenvalue weighted by Gasteiger charge is 2.56. The molecular weight excluding hydrogens is 248 g/mol. The van der Waals surface area contributed by atoms with Crippen LogP contribution in [-0.2, 0) is 4.79 Å². The second-order valence-electron chi connectivity index (χ2n) is 8.59. The van der Waals surface area contributed by atoms with E-state index in [0.717, 1.165) is 55.8 Å².